The van der Waals surface area contributed by atoms with Crippen molar-refractivity contribution in [3.8, 4) is 0 Å². The van der Waals surface area contributed by atoms with Crippen LogP contribution in [-0.2, 0) is 9.53 Å². The number of aliphatic hydroxyl groups is 1. The lowest BCUT2D eigenvalue weighted by atomic mass is 9.83. The molecule has 0 saturated carbocycles. The van der Waals surface area contributed by atoms with Crippen molar-refractivity contribution in [2.75, 3.05) is 32.8 Å². The number of ether oxygens (including phenoxy) is 1. The molecule has 17 heavy (non-hydrogen) atoms. The predicted octanol–water partition coefficient (Wildman–Crippen LogP) is 1.07. The second-order valence-electron chi connectivity index (χ2n) is 5.75. The molecule has 1 heterocycles. The standard InChI is InChI=1S/C13H25NO3/c1-4-14(8-12(2,3)16)9-13(10-15)6-5-7-17-11-13/h10,16H,4-9,11H2,1-3H3. The fourth-order valence-corrected chi connectivity index (χ4v) is 2.40. The Balaban J connectivity index is 2.61. The molecule has 4 nitrogen and oxygen atoms in total. The molecule has 1 aliphatic heterocycles. The van der Waals surface area contributed by atoms with Crippen LogP contribution in [-0.4, -0.2) is 54.7 Å². The third kappa shape index (κ3) is 4.74. The Morgan fingerprint density at radius 3 is 2.65 bits per heavy atom. The van der Waals surface area contributed by atoms with Gasteiger partial charge in [0.1, 0.15) is 6.29 Å². The maximum atomic E-state index is 11.3. The van der Waals surface area contributed by atoms with Gasteiger partial charge in [0.2, 0.25) is 0 Å². The highest BCUT2D eigenvalue weighted by Crippen LogP contribution is 2.27. The van der Waals surface area contributed by atoms with Crippen LogP contribution >= 0.6 is 0 Å². The van der Waals surface area contributed by atoms with Crippen molar-refractivity contribution in [3.63, 3.8) is 0 Å². The third-order valence-corrected chi connectivity index (χ3v) is 3.20. The quantitative estimate of drug-likeness (QED) is 0.709. The lowest BCUT2D eigenvalue weighted by molar-refractivity contribution is -0.126. The number of nitrogens with zero attached hydrogens (tertiary/aromatic N) is 1. The minimum Gasteiger partial charge on any atom is -0.389 e. The van der Waals surface area contributed by atoms with Crippen molar-refractivity contribution in [1.29, 1.82) is 0 Å². The molecule has 0 spiro atoms. The van der Waals surface area contributed by atoms with Crippen molar-refractivity contribution in [2.45, 2.75) is 39.2 Å². The normalized spacial score (nSPS) is 26.2. The van der Waals surface area contributed by atoms with E-state index in [0.717, 1.165) is 32.3 Å². The number of aldehydes is 1. The predicted molar refractivity (Wildman–Crippen MR) is 67.0 cm³/mol. The van der Waals surface area contributed by atoms with Crippen LogP contribution in [0.2, 0.25) is 0 Å². The summed E-state index contributed by atoms with van der Waals surface area (Å²) < 4.78 is 5.43. The molecule has 1 aliphatic rings. The van der Waals surface area contributed by atoms with Crippen LogP contribution in [0.3, 0.4) is 0 Å². The lowest BCUT2D eigenvalue weighted by Crippen LogP contribution is -2.48. The van der Waals surface area contributed by atoms with Crippen molar-refractivity contribution < 1.29 is 14.6 Å². The van der Waals surface area contributed by atoms with E-state index in [0.29, 0.717) is 19.7 Å². The molecule has 1 fully saturated rings. The van der Waals surface area contributed by atoms with E-state index >= 15 is 0 Å². The molecular weight excluding hydrogens is 218 g/mol. The Morgan fingerprint density at radius 1 is 1.53 bits per heavy atom. The van der Waals surface area contributed by atoms with Gasteiger partial charge in [0.05, 0.1) is 17.6 Å². The number of carbonyl (C=O) groups excluding carboxylic acids is 1. The summed E-state index contributed by atoms with van der Waals surface area (Å²) in [4.78, 5) is 13.5. The Morgan fingerprint density at radius 2 is 2.24 bits per heavy atom. The topological polar surface area (TPSA) is 49.8 Å². The molecule has 1 unspecified atom stereocenters. The number of hydrogen-bond donors (Lipinski definition) is 1. The molecule has 0 radical (unpaired) electrons. The second-order valence-corrected chi connectivity index (χ2v) is 5.75. The van der Waals surface area contributed by atoms with Crippen LogP contribution < -0.4 is 0 Å². The smallest absolute Gasteiger partial charge is 0.129 e. The van der Waals surface area contributed by atoms with E-state index in [1.165, 1.54) is 0 Å². The Hall–Kier alpha value is -0.450. The van der Waals surface area contributed by atoms with Crippen molar-refractivity contribution in [2.24, 2.45) is 5.41 Å². The van der Waals surface area contributed by atoms with E-state index in [4.69, 9.17) is 4.74 Å². The fraction of sp³-hybridized carbons (Fsp3) is 0.923. The number of rotatable bonds is 6. The number of carbonyl (C=O) groups is 1. The van der Waals surface area contributed by atoms with Crippen molar-refractivity contribution >= 4 is 6.29 Å². The summed E-state index contributed by atoms with van der Waals surface area (Å²) in [6.07, 6.45) is 2.87. The molecule has 0 aromatic rings. The highest BCUT2D eigenvalue weighted by Gasteiger charge is 2.35. The Labute approximate surface area is 104 Å². The van der Waals surface area contributed by atoms with Crippen LogP contribution in [0.25, 0.3) is 0 Å². The molecule has 0 aromatic heterocycles. The van der Waals surface area contributed by atoms with Gasteiger partial charge in [0.25, 0.3) is 0 Å². The van der Waals surface area contributed by atoms with E-state index in [9.17, 15) is 9.90 Å². The van der Waals surface area contributed by atoms with Crippen LogP contribution in [0.4, 0.5) is 0 Å². The average molecular weight is 243 g/mol. The Bertz CT molecular complexity index is 242. The van der Waals surface area contributed by atoms with Gasteiger partial charge in [-0.1, -0.05) is 6.92 Å². The summed E-state index contributed by atoms with van der Waals surface area (Å²) in [6, 6.07) is 0. The van der Waals surface area contributed by atoms with Gasteiger partial charge in [-0.25, -0.2) is 0 Å². The first kappa shape index (κ1) is 14.6. The molecule has 0 bridgehead atoms. The number of hydrogen-bond acceptors (Lipinski definition) is 4. The zero-order valence-electron chi connectivity index (χ0n) is 11.2. The lowest BCUT2D eigenvalue weighted by Gasteiger charge is -2.38. The molecule has 4 heteroatoms. The van der Waals surface area contributed by atoms with Crippen LogP contribution in [0.15, 0.2) is 0 Å². The second kappa shape index (κ2) is 5.94. The van der Waals surface area contributed by atoms with Crippen LogP contribution in [0, 0.1) is 5.41 Å². The molecule has 1 saturated heterocycles. The van der Waals surface area contributed by atoms with Gasteiger partial charge in [-0.05, 0) is 33.2 Å². The summed E-state index contributed by atoms with van der Waals surface area (Å²) in [6.45, 7) is 9.00. The summed E-state index contributed by atoms with van der Waals surface area (Å²) in [5.41, 5.74) is -1.10. The first-order chi connectivity index (χ1) is 7.91. The SMILES string of the molecule is CCN(CC(C)(C)O)CC1(C=O)CCCOC1. The van der Waals surface area contributed by atoms with Gasteiger partial charge >= 0.3 is 0 Å². The summed E-state index contributed by atoms with van der Waals surface area (Å²) in [5, 5.41) is 9.84. The molecule has 1 atom stereocenters. The van der Waals surface area contributed by atoms with E-state index in [2.05, 4.69) is 4.90 Å². The minimum atomic E-state index is -0.727. The number of likely N-dealkylation sites (N-methyl/N-ethyl adjacent to an activating group) is 1. The zero-order valence-corrected chi connectivity index (χ0v) is 11.2. The first-order valence-corrected chi connectivity index (χ1v) is 6.40. The summed E-state index contributed by atoms with van der Waals surface area (Å²) in [5.74, 6) is 0. The molecule has 0 amide bonds. The summed E-state index contributed by atoms with van der Waals surface area (Å²) >= 11 is 0. The largest absolute Gasteiger partial charge is 0.389 e. The molecule has 100 valence electrons. The van der Waals surface area contributed by atoms with Crippen LogP contribution in [0.5, 0.6) is 0 Å². The molecule has 1 rings (SSSR count). The van der Waals surface area contributed by atoms with Crippen molar-refractivity contribution in [3.05, 3.63) is 0 Å². The molecule has 0 aromatic carbocycles. The van der Waals surface area contributed by atoms with Gasteiger partial charge in [-0.15, -0.1) is 0 Å². The average Bonchev–Trinajstić information content (AvgIpc) is 2.27. The fourth-order valence-electron chi connectivity index (χ4n) is 2.40. The minimum absolute atomic E-state index is 0.375. The highest BCUT2D eigenvalue weighted by molar-refractivity contribution is 5.60. The third-order valence-electron chi connectivity index (χ3n) is 3.20. The van der Waals surface area contributed by atoms with Gasteiger partial charge in [-0.2, -0.15) is 0 Å². The van der Waals surface area contributed by atoms with Gasteiger partial charge in [0, 0.05) is 19.7 Å². The molecule has 0 aliphatic carbocycles. The van der Waals surface area contributed by atoms with E-state index in [1.54, 1.807) is 13.8 Å². The Kier molecular flexibility index (Phi) is 5.10. The van der Waals surface area contributed by atoms with Crippen molar-refractivity contribution in [1.82, 2.24) is 4.90 Å². The maximum absolute atomic E-state index is 11.3. The van der Waals surface area contributed by atoms with Gasteiger partial charge < -0.3 is 14.6 Å². The summed E-state index contributed by atoms with van der Waals surface area (Å²) in [7, 11) is 0. The van der Waals surface area contributed by atoms with Gasteiger partial charge in [-0.3, -0.25) is 4.90 Å². The van der Waals surface area contributed by atoms with E-state index in [-0.39, 0.29) is 5.41 Å². The first-order valence-electron chi connectivity index (χ1n) is 6.40. The monoisotopic (exact) mass is 243 g/mol. The van der Waals surface area contributed by atoms with Crippen LogP contribution in [0.1, 0.15) is 33.6 Å². The van der Waals surface area contributed by atoms with Gasteiger partial charge in [0.15, 0.2) is 0 Å². The zero-order chi connectivity index (χ0) is 12.9. The highest BCUT2D eigenvalue weighted by atomic mass is 16.5. The maximum Gasteiger partial charge on any atom is 0.129 e. The van der Waals surface area contributed by atoms with E-state index in [1.807, 2.05) is 6.92 Å². The van der Waals surface area contributed by atoms with E-state index < -0.39 is 5.60 Å². The molecule has 1 N–H and O–H groups in total. The molecular formula is C13H25NO3.